The Bertz CT molecular complexity index is 391. The zero-order chi connectivity index (χ0) is 15.2. The molecule has 0 aromatic carbocycles. The molecule has 116 valence electrons. The third kappa shape index (κ3) is 6.06. The molecule has 1 rings (SSSR count). The van der Waals surface area contributed by atoms with Crippen molar-refractivity contribution in [3.8, 4) is 0 Å². The summed E-state index contributed by atoms with van der Waals surface area (Å²) in [5.41, 5.74) is 2.60. The molecule has 1 aromatic rings. The van der Waals surface area contributed by atoms with E-state index in [-0.39, 0.29) is 5.41 Å². The summed E-state index contributed by atoms with van der Waals surface area (Å²) >= 11 is 0. The molecule has 0 saturated carbocycles. The Hall–Kier alpha value is -0.870. The number of nitrogens with zero attached hydrogens (tertiary/aromatic N) is 2. The fraction of sp³-hybridized carbons (Fsp3) is 0.812. The normalized spacial score (nSPS) is 12.3. The van der Waals surface area contributed by atoms with E-state index in [4.69, 9.17) is 4.74 Å². The SMILES string of the molecule is CC(C)OCCCCNCc1cn(C)nc1C(C)(C)C. The summed E-state index contributed by atoms with van der Waals surface area (Å²) in [6.07, 6.45) is 4.73. The predicted molar refractivity (Wildman–Crippen MR) is 83.9 cm³/mol. The number of aromatic nitrogens is 2. The lowest BCUT2D eigenvalue weighted by atomic mass is 9.89. The second-order valence-corrected chi connectivity index (χ2v) is 6.73. The van der Waals surface area contributed by atoms with E-state index >= 15 is 0 Å². The summed E-state index contributed by atoms with van der Waals surface area (Å²) in [6, 6.07) is 0. The molecule has 0 atom stereocenters. The summed E-state index contributed by atoms with van der Waals surface area (Å²) in [4.78, 5) is 0. The molecule has 0 amide bonds. The van der Waals surface area contributed by atoms with E-state index in [1.807, 2.05) is 11.7 Å². The number of nitrogens with one attached hydrogen (secondary N) is 1. The van der Waals surface area contributed by atoms with Crippen LogP contribution in [0.5, 0.6) is 0 Å². The van der Waals surface area contributed by atoms with Crippen LogP contribution < -0.4 is 5.32 Å². The minimum absolute atomic E-state index is 0.101. The van der Waals surface area contributed by atoms with Crippen LogP contribution in [-0.4, -0.2) is 29.0 Å². The van der Waals surface area contributed by atoms with Gasteiger partial charge < -0.3 is 10.1 Å². The summed E-state index contributed by atoms with van der Waals surface area (Å²) in [7, 11) is 1.99. The number of ether oxygens (including phenoxy) is 1. The van der Waals surface area contributed by atoms with Gasteiger partial charge in [0.25, 0.3) is 0 Å². The van der Waals surface area contributed by atoms with E-state index in [9.17, 15) is 0 Å². The Morgan fingerprint density at radius 1 is 1.30 bits per heavy atom. The van der Waals surface area contributed by atoms with Crippen molar-refractivity contribution in [2.24, 2.45) is 7.05 Å². The van der Waals surface area contributed by atoms with Crippen molar-refractivity contribution in [1.29, 1.82) is 0 Å². The number of aryl methyl sites for hydroxylation is 1. The van der Waals surface area contributed by atoms with Crippen molar-refractivity contribution in [1.82, 2.24) is 15.1 Å². The maximum Gasteiger partial charge on any atom is 0.0722 e. The Kier molecular flexibility index (Phi) is 6.69. The molecular weight excluding hydrogens is 250 g/mol. The van der Waals surface area contributed by atoms with E-state index < -0.39 is 0 Å². The van der Waals surface area contributed by atoms with Crippen molar-refractivity contribution in [2.75, 3.05) is 13.2 Å². The summed E-state index contributed by atoms with van der Waals surface area (Å²) in [6.45, 7) is 13.6. The quantitative estimate of drug-likeness (QED) is 0.745. The lowest BCUT2D eigenvalue weighted by Crippen LogP contribution is -2.20. The smallest absolute Gasteiger partial charge is 0.0722 e. The molecule has 0 unspecified atom stereocenters. The molecule has 4 heteroatoms. The zero-order valence-corrected chi connectivity index (χ0v) is 14.0. The monoisotopic (exact) mass is 281 g/mol. The zero-order valence-electron chi connectivity index (χ0n) is 14.0. The topological polar surface area (TPSA) is 39.1 Å². The molecule has 0 saturated heterocycles. The third-order valence-electron chi connectivity index (χ3n) is 3.13. The number of hydrogen-bond donors (Lipinski definition) is 1. The van der Waals surface area contributed by atoms with Crippen molar-refractivity contribution in [2.45, 2.75) is 65.5 Å². The molecule has 0 aliphatic carbocycles. The maximum absolute atomic E-state index is 5.53. The molecule has 0 aliphatic rings. The van der Waals surface area contributed by atoms with Crippen LogP contribution in [0.1, 0.15) is 58.7 Å². The number of hydrogen-bond acceptors (Lipinski definition) is 3. The first-order chi connectivity index (χ1) is 9.30. The standard InChI is InChI=1S/C16H31N3O/c1-13(2)20-10-8-7-9-17-11-14-12-19(6)18-15(14)16(3,4)5/h12-13,17H,7-11H2,1-6H3. The number of rotatable bonds is 8. The highest BCUT2D eigenvalue weighted by Gasteiger charge is 2.21. The van der Waals surface area contributed by atoms with Gasteiger partial charge in [-0.3, -0.25) is 4.68 Å². The molecule has 1 N–H and O–H groups in total. The lowest BCUT2D eigenvalue weighted by Gasteiger charge is -2.17. The van der Waals surface area contributed by atoms with Gasteiger partial charge >= 0.3 is 0 Å². The Balaban J connectivity index is 2.29. The number of unbranched alkanes of at least 4 members (excludes halogenated alkanes) is 1. The molecular formula is C16H31N3O. The molecule has 4 nitrogen and oxygen atoms in total. The average molecular weight is 281 g/mol. The van der Waals surface area contributed by atoms with Crippen LogP contribution in [0.25, 0.3) is 0 Å². The van der Waals surface area contributed by atoms with Crippen LogP contribution in [0, 0.1) is 0 Å². The third-order valence-corrected chi connectivity index (χ3v) is 3.13. The first-order valence-corrected chi connectivity index (χ1v) is 7.66. The summed E-state index contributed by atoms with van der Waals surface area (Å²) in [5, 5.41) is 8.09. The first-order valence-electron chi connectivity index (χ1n) is 7.66. The van der Waals surface area contributed by atoms with Crippen LogP contribution in [0.4, 0.5) is 0 Å². The van der Waals surface area contributed by atoms with Crippen molar-refractivity contribution in [3.05, 3.63) is 17.5 Å². The molecule has 1 aromatic heterocycles. The van der Waals surface area contributed by atoms with Gasteiger partial charge in [-0.1, -0.05) is 20.8 Å². The van der Waals surface area contributed by atoms with Gasteiger partial charge in [0.15, 0.2) is 0 Å². The predicted octanol–water partition coefficient (Wildman–Crippen LogP) is 3.01. The van der Waals surface area contributed by atoms with Gasteiger partial charge in [0.2, 0.25) is 0 Å². The van der Waals surface area contributed by atoms with Crippen LogP contribution in [-0.2, 0) is 23.7 Å². The van der Waals surface area contributed by atoms with Gasteiger partial charge in [-0.15, -0.1) is 0 Å². The van der Waals surface area contributed by atoms with Crippen LogP contribution in [0.3, 0.4) is 0 Å². The van der Waals surface area contributed by atoms with Gasteiger partial charge in [-0.05, 0) is 33.2 Å². The van der Waals surface area contributed by atoms with Crippen LogP contribution in [0.15, 0.2) is 6.20 Å². The van der Waals surface area contributed by atoms with Gasteiger partial charge in [0.05, 0.1) is 11.8 Å². The van der Waals surface area contributed by atoms with Crippen LogP contribution in [0.2, 0.25) is 0 Å². The molecule has 0 radical (unpaired) electrons. The van der Waals surface area contributed by atoms with Gasteiger partial charge in [0, 0.05) is 37.4 Å². The van der Waals surface area contributed by atoms with Crippen molar-refractivity contribution < 1.29 is 4.74 Å². The second-order valence-electron chi connectivity index (χ2n) is 6.73. The molecule has 0 aliphatic heterocycles. The van der Waals surface area contributed by atoms with Gasteiger partial charge in [0.1, 0.15) is 0 Å². The fourth-order valence-corrected chi connectivity index (χ4v) is 2.19. The average Bonchev–Trinajstić information content (AvgIpc) is 2.68. The molecule has 0 spiro atoms. The van der Waals surface area contributed by atoms with E-state index in [1.54, 1.807) is 0 Å². The van der Waals surface area contributed by atoms with Crippen LogP contribution >= 0.6 is 0 Å². The largest absolute Gasteiger partial charge is 0.379 e. The highest BCUT2D eigenvalue weighted by molar-refractivity contribution is 5.23. The fourth-order valence-electron chi connectivity index (χ4n) is 2.19. The van der Waals surface area contributed by atoms with Gasteiger partial charge in [-0.25, -0.2) is 0 Å². The Morgan fingerprint density at radius 2 is 2.00 bits per heavy atom. The van der Waals surface area contributed by atoms with Gasteiger partial charge in [-0.2, -0.15) is 5.10 Å². The maximum atomic E-state index is 5.53. The highest BCUT2D eigenvalue weighted by atomic mass is 16.5. The second kappa shape index (κ2) is 7.79. The van der Waals surface area contributed by atoms with E-state index in [0.29, 0.717) is 6.10 Å². The molecule has 0 fully saturated rings. The highest BCUT2D eigenvalue weighted by Crippen LogP contribution is 2.23. The molecule has 0 bridgehead atoms. The summed E-state index contributed by atoms with van der Waals surface area (Å²) < 4.78 is 7.44. The Morgan fingerprint density at radius 3 is 2.60 bits per heavy atom. The Labute approximate surface area is 123 Å². The summed E-state index contributed by atoms with van der Waals surface area (Å²) in [5.74, 6) is 0. The minimum atomic E-state index is 0.101. The molecule has 1 heterocycles. The minimum Gasteiger partial charge on any atom is -0.379 e. The van der Waals surface area contributed by atoms with E-state index in [2.05, 4.69) is 51.2 Å². The van der Waals surface area contributed by atoms with Crippen molar-refractivity contribution in [3.63, 3.8) is 0 Å². The van der Waals surface area contributed by atoms with E-state index in [0.717, 1.165) is 32.5 Å². The molecule has 20 heavy (non-hydrogen) atoms. The van der Waals surface area contributed by atoms with Crippen molar-refractivity contribution >= 4 is 0 Å². The van der Waals surface area contributed by atoms with E-state index in [1.165, 1.54) is 11.3 Å². The first kappa shape index (κ1) is 17.2. The lowest BCUT2D eigenvalue weighted by molar-refractivity contribution is 0.0760.